The predicted octanol–water partition coefficient (Wildman–Crippen LogP) is 2.28. The molecule has 10 nitrogen and oxygen atoms in total. The zero-order chi connectivity index (χ0) is 23.3. The van der Waals surface area contributed by atoms with Crippen LogP contribution in [0.5, 0.6) is 0 Å². The van der Waals surface area contributed by atoms with Crippen LogP contribution in [0.15, 0.2) is 46.8 Å². The van der Waals surface area contributed by atoms with E-state index in [0.717, 1.165) is 14.2 Å². The zero-order valence-corrected chi connectivity index (χ0v) is 18.1. The summed E-state index contributed by atoms with van der Waals surface area (Å²) in [6.45, 7) is 1.23. The fraction of sp³-hybridized carbons (Fsp3) is 0.350. The predicted molar refractivity (Wildman–Crippen MR) is 109 cm³/mol. The van der Waals surface area contributed by atoms with Gasteiger partial charge in [0.05, 0.1) is 49.2 Å². The second-order valence-electron chi connectivity index (χ2n) is 6.42. The number of ether oxygens (including phenoxy) is 3. The molecule has 166 valence electrons. The molecule has 0 fully saturated rings. The maximum absolute atomic E-state index is 12.8. The number of methoxy groups -OCH3 is 3. The van der Waals surface area contributed by atoms with Crippen molar-refractivity contribution in [1.29, 1.82) is 0 Å². The average molecular weight is 453 g/mol. The minimum absolute atomic E-state index is 0.0150. The fourth-order valence-corrected chi connectivity index (χ4v) is 3.73. The molecule has 0 aliphatic carbocycles. The highest BCUT2D eigenvalue weighted by Crippen LogP contribution is 2.43. The number of non-ortho nitro benzene ring substituents is 1. The van der Waals surface area contributed by atoms with Gasteiger partial charge in [0.25, 0.3) is 5.69 Å². The highest BCUT2D eigenvalue weighted by Gasteiger charge is 2.42. The lowest BCUT2D eigenvalue weighted by molar-refractivity contribution is -0.384. The minimum Gasteiger partial charge on any atom is -0.468 e. The van der Waals surface area contributed by atoms with Crippen LogP contribution >= 0.6 is 11.6 Å². The van der Waals surface area contributed by atoms with E-state index in [1.807, 2.05) is 0 Å². The second kappa shape index (κ2) is 10.1. The number of hydrogen-bond donors (Lipinski definition) is 0. The van der Waals surface area contributed by atoms with Crippen molar-refractivity contribution >= 4 is 35.2 Å². The molecule has 0 amide bonds. The fourth-order valence-electron chi connectivity index (χ4n) is 3.44. The van der Waals surface area contributed by atoms with Gasteiger partial charge in [-0.25, -0.2) is 9.59 Å². The summed E-state index contributed by atoms with van der Waals surface area (Å²) < 4.78 is 14.6. The Balaban J connectivity index is 2.88. The Hall–Kier alpha value is -3.40. The van der Waals surface area contributed by atoms with E-state index in [-0.39, 0.29) is 46.2 Å². The van der Waals surface area contributed by atoms with Crippen molar-refractivity contribution in [1.82, 2.24) is 4.90 Å². The summed E-state index contributed by atoms with van der Waals surface area (Å²) in [5, 5.41) is 11.3. The van der Waals surface area contributed by atoms with Gasteiger partial charge in [-0.1, -0.05) is 12.1 Å². The van der Waals surface area contributed by atoms with Gasteiger partial charge >= 0.3 is 17.9 Å². The van der Waals surface area contributed by atoms with Gasteiger partial charge in [-0.05, 0) is 12.5 Å². The maximum atomic E-state index is 12.8. The van der Waals surface area contributed by atoms with Crippen LogP contribution in [0.1, 0.15) is 18.4 Å². The lowest BCUT2D eigenvalue weighted by Gasteiger charge is -2.37. The molecule has 0 radical (unpaired) electrons. The summed E-state index contributed by atoms with van der Waals surface area (Å²) in [5.41, 5.74) is 0.536. The van der Waals surface area contributed by atoms with E-state index < -0.39 is 28.7 Å². The van der Waals surface area contributed by atoms with Crippen LogP contribution in [-0.4, -0.2) is 61.5 Å². The van der Waals surface area contributed by atoms with Crippen LogP contribution in [-0.2, 0) is 28.6 Å². The molecule has 0 aromatic heterocycles. The first-order chi connectivity index (χ1) is 14.7. The number of nitrogens with zero attached hydrogens (tertiary/aromatic N) is 2. The van der Waals surface area contributed by atoms with Gasteiger partial charge in [0.1, 0.15) is 6.54 Å². The van der Waals surface area contributed by atoms with Crippen LogP contribution in [0.25, 0.3) is 0 Å². The lowest BCUT2D eigenvalue weighted by Crippen LogP contribution is -2.39. The van der Waals surface area contributed by atoms with Gasteiger partial charge in [-0.2, -0.15) is 0 Å². The molecule has 0 N–H and O–H groups in total. The van der Waals surface area contributed by atoms with Gasteiger partial charge in [-0.3, -0.25) is 14.9 Å². The van der Waals surface area contributed by atoms with Crippen molar-refractivity contribution in [3.05, 3.63) is 62.5 Å². The zero-order valence-electron chi connectivity index (χ0n) is 17.3. The highest BCUT2D eigenvalue weighted by atomic mass is 35.5. The van der Waals surface area contributed by atoms with Crippen LogP contribution in [0.4, 0.5) is 5.69 Å². The number of esters is 3. The third-order valence-corrected chi connectivity index (χ3v) is 5.13. The first-order valence-electron chi connectivity index (χ1n) is 8.96. The number of carbonyl (C=O) groups is 3. The molecule has 31 heavy (non-hydrogen) atoms. The van der Waals surface area contributed by atoms with Gasteiger partial charge in [0.15, 0.2) is 0 Å². The summed E-state index contributed by atoms with van der Waals surface area (Å²) in [6.07, 6.45) is 0. The Morgan fingerprint density at radius 2 is 1.71 bits per heavy atom. The average Bonchev–Trinajstić information content (AvgIpc) is 2.78. The molecule has 1 atom stereocenters. The normalized spacial score (nSPS) is 16.2. The van der Waals surface area contributed by atoms with E-state index in [4.69, 9.17) is 25.8 Å². The van der Waals surface area contributed by atoms with E-state index in [9.17, 15) is 24.5 Å². The molecule has 1 aromatic rings. The van der Waals surface area contributed by atoms with E-state index in [2.05, 4.69) is 0 Å². The molecule has 11 heteroatoms. The molecule has 1 aliphatic rings. The highest BCUT2D eigenvalue weighted by molar-refractivity contribution is 6.20. The molecular formula is C20H21ClN2O8. The number of rotatable bonds is 7. The molecule has 1 aromatic carbocycles. The molecule has 0 saturated heterocycles. The third-order valence-electron chi connectivity index (χ3n) is 4.88. The topological polar surface area (TPSA) is 125 Å². The first kappa shape index (κ1) is 23.9. The molecule has 0 bridgehead atoms. The Morgan fingerprint density at radius 3 is 2.23 bits per heavy atom. The van der Waals surface area contributed by atoms with Gasteiger partial charge in [0.2, 0.25) is 0 Å². The number of hydrogen-bond acceptors (Lipinski definition) is 9. The second-order valence-corrected chi connectivity index (χ2v) is 6.69. The van der Waals surface area contributed by atoms with Crippen LogP contribution in [0, 0.1) is 10.1 Å². The van der Waals surface area contributed by atoms with Gasteiger partial charge in [0, 0.05) is 23.5 Å². The lowest BCUT2D eigenvalue weighted by atomic mass is 9.79. The van der Waals surface area contributed by atoms with Crippen molar-refractivity contribution in [2.24, 2.45) is 0 Å². The number of carbonyl (C=O) groups excluding carboxylic acids is 3. The first-order valence-corrected chi connectivity index (χ1v) is 9.50. The Labute approximate surface area is 183 Å². The Bertz CT molecular complexity index is 985. The largest absolute Gasteiger partial charge is 0.468 e. The Kier molecular flexibility index (Phi) is 7.76. The summed E-state index contributed by atoms with van der Waals surface area (Å²) in [6, 6.07) is 5.52. The van der Waals surface area contributed by atoms with Crippen LogP contribution < -0.4 is 0 Å². The number of nitro groups is 1. The van der Waals surface area contributed by atoms with Gasteiger partial charge < -0.3 is 19.1 Å². The summed E-state index contributed by atoms with van der Waals surface area (Å²) in [7, 11) is 3.51. The maximum Gasteiger partial charge on any atom is 0.336 e. The van der Waals surface area contributed by atoms with Crippen molar-refractivity contribution in [3.8, 4) is 0 Å². The molecule has 2 rings (SSSR count). The quantitative estimate of drug-likeness (QED) is 0.201. The Morgan fingerprint density at radius 1 is 1.10 bits per heavy atom. The molecular weight excluding hydrogens is 432 g/mol. The summed E-state index contributed by atoms with van der Waals surface area (Å²) in [4.78, 5) is 49.7. The van der Waals surface area contributed by atoms with E-state index in [1.165, 1.54) is 30.2 Å². The van der Waals surface area contributed by atoms with E-state index >= 15 is 0 Å². The number of benzene rings is 1. The number of alkyl halides is 1. The van der Waals surface area contributed by atoms with Crippen LogP contribution in [0.3, 0.4) is 0 Å². The van der Waals surface area contributed by atoms with E-state index in [1.54, 1.807) is 13.0 Å². The molecule has 0 spiro atoms. The monoisotopic (exact) mass is 452 g/mol. The summed E-state index contributed by atoms with van der Waals surface area (Å²) in [5.74, 6) is -3.50. The molecule has 0 unspecified atom stereocenters. The number of nitro benzene ring substituents is 1. The standard InChI is InChI=1S/C20H21ClN2O8/c1-11-16(19(25)30-3)17(12-6-5-7-13(8-12)23(27)28)18(20(26)31-4)14(9-21)22(11)10-15(24)29-2/h5-8,17H,9-10H2,1-4H3/t17-/m1/s1. The van der Waals surface area contributed by atoms with Gasteiger partial charge in [-0.15, -0.1) is 11.6 Å². The molecule has 0 saturated carbocycles. The molecule has 1 aliphatic heterocycles. The minimum atomic E-state index is -1.07. The van der Waals surface area contributed by atoms with Crippen LogP contribution in [0.2, 0.25) is 0 Å². The van der Waals surface area contributed by atoms with Crippen molar-refractivity contribution < 1.29 is 33.5 Å². The third kappa shape index (κ3) is 4.69. The number of halogens is 1. The van der Waals surface area contributed by atoms with Crippen molar-refractivity contribution in [3.63, 3.8) is 0 Å². The molecule has 1 heterocycles. The number of allylic oxidation sites excluding steroid dienone is 2. The van der Waals surface area contributed by atoms with Crippen molar-refractivity contribution in [2.75, 3.05) is 33.8 Å². The summed E-state index contributed by atoms with van der Waals surface area (Å²) >= 11 is 6.15. The van der Waals surface area contributed by atoms with Crippen molar-refractivity contribution in [2.45, 2.75) is 12.8 Å². The SMILES string of the molecule is COC(=O)CN1C(C)=C(C(=O)OC)[C@@H](c2cccc([N+](=O)[O-])c2)C(C(=O)OC)=C1CCl. The smallest absolute Gasteiger partial charge is 0.336 e. The van der Waals surface area contributed by atoms with E-state index in [0.29, 0.717) is 0 Å².